The van der Waals surface area contributed by atoms with Crippen molar-refractivity contribution in [2.24, 2.45) is 5.92 Å². The van der Waals surface area contributed by atoms with Crippen molar-refractivity contribution in [1.82, 2.24) is 15.3 Å². The highest BCUT2D eigenvalue weighted by Crippen LogP contribution is 2.28. The van der Waals surface area contributed by atoms with E-state index in [1.165, 1.54) is 12.1 Å². The van der Waals surface area contributed by atoms with Gasteiger partial charge >= 0.3 is 0 Å². The smallest absolute Gasteiger partial charge is 0.225 e. The molecule has 168 valence electrons. The molecule has 6 nitrogen and oxygen atoms in total. The normalized spacial score (nSPS) is 18.4. The van der Waals surface area contributed by atoms with Crippen LogP contribution in [0.15, 0.2) is 42.5 Å². The number of hydrogen-bond acceptors (Lipinski definition) is 5. The number of aromatic nitrogens is 2. The molecule has 0 atom stereocenters. The maximum absolute atomic E-state index is 13.8. The predicted molar refractivity (Wildman–Crippen MR) is 121 cm³/mol. The summed E-state index contributed by atoms with van der Waals surface area (Å²) in [6.07, 6.45) is 3.08. The highest BCUT2D eigenvalue weighted by atomic mass is 19.1. The van der Waals surface area contributed by atoms with Crippen LogP contribution in [0.25, 0.3) is 10.9 Å². The number of carbonyl (C=O) groups is 1. The molecule has 1 fully saturated rings. The van der Waals surface area contributed by atoms with Crippen LogP contribution in [0.3, 0.4) is 0 Å². The summed E-state index contributed by atoms with van der Waals surface area (Å²) >= 11 is 0. The molecule has 0 bridgehead atoms. The molecular formula is C24H27F2N5O. The van der Waals surface area contributed by atoms with Crippen LogP contribution in [0.4, 0.5) is 20.5 Å². The van der Waals surface area contributed by atoms with Gasteiger partial charge in [-0.15, -0.1) is 0 Å². The first-order valence-electron chi connectivity index (χ1n) is 10.8. The summed E-state index contributed by atoms with van der Waals surface area (Å²) in [5.41, 5.74) is 1.16. The second-order valence-corrected chi connectivity index (χ2v) is 8.43. The summed E-state index contributed by atoms with van der Waals surface area (Å²) in [7, 11) is 3.92. The zero-order valence-corrected chi connectivity index (χ0v) is 18.2. The van der Waals surface area contributed by atoms with Crippen LogP contribution in [-0.2, 0) is 11.3 Å². The molecule has 0 aliphatic heterocycles. The van der Waals surface area contributed by atoms with Crippen molar-refractivity contribution in [3.05, 3.63) is 59.7 Å². The van der Waals surface area contributed by atoms with Gasteiger partial charge < -0.3 is 15.5 Å². The third-order valence-corrected chi connectivity index (χ3v) is 5.91. The summed E-state index contributed by atoms with van der Waals surface area (Å²) in [5.74, 6) is -0.0381. The third-order valence-electron chi connectivity index (χ3n) is 5.91. The average molecular weight is 440 g/mol. The molecular weight excluding hydrogens is 412 g/mol. The topological polar surface area (TPSA) is 70.2 Å². The quantitative estimate of drug-likeness (QED) is 0.601. The van der Waals surface area contributed by atoms with Gasteiger partial charge in [0.25, 0.3) is 0 Å². The molecule has 8 heteroatoms. The number of hydrogen-bond donors (Lipinski definition) is 2. The highest BCUT2D eigenvalue weighted by molar-refractivity contribution is 5.90. The van der Waals surface area contributed by atoms with Crippen LogP contribution in [0.1, 0.15) is 31.2 Å². The second-order valence-electron chi connectivity index (χ2n) is 8.43. The first kappa shape index (κ1) is 21.9. The lowest BCUT2D eigenvalue weighted by atomic mass is 9.85. The Balaban J connectivity index is 1.33. The Morgan fingerprint density at radius 3 is 2.53 bits per heavy atom. The number of benzene rings is 2. The van der Waals surface area contributed by atoms with Gasteiger partial charge in [-0.25, -0.2) is 13.8 Å². The highest BCUT2D eigenvalue weighted by Gasteiger charge is 2.27. The lowest BCUT2D eigenvalue weighted by Gasteiger charge is -2.28. The van der Waals surface area contributed by atoms with Gasteiger partial charge in [0.05, 0.1) is 5.52 Å². The maximum Gasteiger partial charge on any atom is 0.225 e. The molecule has 1 aliphatic carbocycles. The number of para-hydroxylation sites is 1. The van der Waals surface area contributed by atoms with E-state index >= 15 is 0 Å². The van der Waals surface area contributed by atoms with Gasteiger partial charge in [-0.3, -0.25) is 4.79 Å². The minimum atomic E-state index is -0.648. The van der Waals surface area contributed by atoms with E-state index < -0.39 is 11.6 Å². The molecule has 32 heavy (non-hydrogen) atoms. The van der Waals surface area contributed by atoms with Crippen molar-refractivity contribution in [2.75, 3.05) is 24.3 Å². The molecule has 1 heterocycles. The molecule has 3 aromatic rings. The van der Waals surface area contributed by atoms with Crippen molar-refractivity contribution in [3.63, 3.8) is 0 Å². The number of anilines is 2. The fourth-order valence-electron chi connectivity index (χ4n) is 4.14. The largest absolute Gasteiger partial charge is 0.362 e. The Hall–Kier alpha value is -3.29. The van der Waals surface area contributed by atoms with E-state index in [0.717, 1.165) is 48.5 Å². The monoisotopic (exact) mass is 439 g/mol. The zero-order valence-electron chi connectivity index (χ0n) is 18.2. The van der Waals surface area contributed by atoms with Crippen molar-refractivity contribution in [1.29, 1.82) is 0 Å². The van der Waals surface area contributed by atoms with Crippen molar-refractivity contribution < 1.29 is 13.6 Å². The minimum Gasteiger partial charge on any atom is -0.362 e. The van der Waals surface area contributed by atoms with Crippen LogP contribution in [0.5, 0.6) is 0 Å². The van der Waals surface area contributed by atoms with Gasteiger partial charge in [-0.2, -0.15) is 4.98 Å². The molecule has 1 aromatic heterocycles. The van der Waals surface area contributed by atoms with Gasteiger partial charge in [-0.1, -0.05) is 18.2 Å². The van der Waals surface area contributed by atoms with Gasteiger partial charge in [0.15, 0.2) is 0 Å². The van der Waals surface area contributed by atoms with E-state index in [9.17, 15) is 13.6 Å². The molecule has 0 unspecified atom stereocenters. The zero-order chi connectivity index (χ0) is 22.7. The molecule has 0 spiro atoms. The first-order valence-corrected chi connectivity index (χ1v) is 10.8. The molecule has 4 rings (SSSR count). The van der Waals surface area contributed by atoms with Crippen molar-refractivity contribution >= 4 is 28.6 Å². The molecule has 0 saturated heterocycles. The van der Waals surface area contributed by atoms with E-state index in [1.54, 1.807) is 0 Å². The molecule has 2 N–H and O–H groups in total. The lowest BCUT2D eigenvalue weighted by Crippen LogP contribution is -2.36. The molecule has 1 amide bonds. The molecule has 1 saturated carbocycles. The average Bonchev–Trinajstić information content (AvgIpc) is 2.78. The van der Waals surface area contributed by atoms with Crippen molar-refractivity contribution in [3.8, 4) is 0 Å². The number of carbonyl (C=O) groups excluding carboxylic acids is 1. The maximum atomic E-state index is 13.8. The summed E-state index contributed by atoms with van der Waals surface area (Å²) in [5, 5.41) is 7.22. The minimum absolute atomic E-state index is 0.0569. The number of amides is 1. The van der Waals surface area contributed by atoms with Crippen molar-refractivity contribution in [2.45, 2.75) is 38.3 Å². The standard InChI is InChI=1S/C24H27F2N5O/c1-31(2)22-19-5-3-4-6-21(19)29-24(30-22)28-18-11-8-15(9-12-18)23(32)27-14-16-7-10-17(25)13-20(16)26/h3-7,10,13,15,18H,8-9,11-12,14H2,1-2H3,(H,27,32)(H,28,29,30). The Bertz CT molecular complexity index is 1110. The van der Waals surface area contributed by atoms with E-state index in [0.29, 0.717) is 5.95 Å². The number of nitrogens with one attached hydrogen (secondary N) is 2. The third kappa shape index (κ3) is 4.95. The first-order chi connectivity index (χ1) is 15.4. The van der Waals surface area contributed by atoms with Gasteiger partial charge in [-0.05, 0) is 43.9 Å². The number of rotatable bonds is 6. The Morgan fingerprint density at radius 2 is 1.81 bits per heavy atom. The Labute approximate surface area is 186 Å². The Kier molecular flexibility index (Phi) is 6.48. The van der Waals surface area contributed by atoms with E-state index in [1.807, 2.05) is 43.3 Å². The van der Waals surface area contributed by atoms with Crippen LogP contribution in [0, 0.1) is 17.6 Å². The van der Waals surface area contributed by atoms with E-state index in [-0.39, 0.29) is 30.0 Å². The van der Waals surface area contributed by atoms with Gasteiger partial charge in [0.2, 0.25) is 11.9 Å². The molecule has 0 radical (unpaired) electrons. The van der Waals surface area contributed by atoms with E-state index in [4.69, 9.17) is 0 Å². The fourth-order valence-corrected chi connectivity index (χ4v) is 4.14. The van der Waals surface area contributed by atoms with Crippen LogP contribution in [-0.4, -0.2) is 36.0 Å². The second kappa shape index (κ2) is 9.46. The summed E-state index contributed by atoms with van der Waals surface area (Å²) < 4.78 is 26.8. The lowest BCUT2D eigenvalue weighted by molar-refractivity contribution is -0.126. The molecule has 1 aliphatic rings. The predicted octanol–water partition coefficient (Wildman–Crippen LogP) is 4.26. The number of halogens is 2. The van der Waals surface area contributed by atoms with E-state index in [2.05, 4.69) is 20.6 Å². The molecule has 2 aromatic carbocycles. The summed E-state index contributed by atoms with van der Waals surface area (Å²) in [6, 6.07) is 11.5. The fraction of sp³-hybridized carbons (Fsp3) is 0.375. The number of nitrogens with zero attached hydrogens (tertiary/aromatic N) is 3. The van der Waals surface area contributed by atoms with Crippen LogP contribution in [0.2, 0.25) is 0 Å². The van der Waals surface area contributed by atoms with Crippen LogP contribution >= 0.6 is 0 Å². The Morgan fingerprint density at radius 1 is 1.06 bits per heavy atom. The van der Waals surface area contributed by atoms with Gasteiger partial charge in [0, 0.05) is 49.6 Å². The van der Waals surface area contributed by atoms with Gasteiger partial charge in [0.1, 0.15) is 17.5 Å². The van der Waals surface area contributed by atoms with Crippen LogP contribution < -0.4 is 15.5 Å². The SMILES string of the molecule is CN(C)c1nc(NC2CCC(C(=O)NCc3ccc(F)cc3F)CC2)nc2ccccc12. The number of fused-ring (bicyclic) bond motifs is 1. The summed E-state index contributed by atoms with van der Waals surface area (Å²) in [6.45, 7) is 0.0569. The summed E-state index contributed by atoms with van der Waals surface area (Å²) in [4.78, 5) is 23.8.